The van der Waals surface area contributed by atoms with Gasteiger partial charge in [0.25, 0.3) is 0 Å². The number of furan rings is 1. The van der Waals surface area contributed by atoms with Gasteiger partial charge in [0.1, 0.15) is 0 Å². The van der Waals surface area contributed by atoms with Crippen LogP contribution in [0.3, 0.4) is 0 Å². The minimum Gasteiger partial charge on any atom is -0.475 e. The molecule has 1 aromatic heterocycles. The predicted octanol–water partition coefficient (Wildman–Crippen LogP) is 2.67. The summed E-state index contributed by atoms with van der Waals surface area (Å²) in [5.74, 6) is -0.472. The number of nitrogens with zero attached hydrogens (tertiary/aromatic N) is 1. The number of anilines is 2. The molecule has 3 rings (SSSR count). The quantitative estimate of drug-likeness (QED) is 0.860. The summed E-state index contributed by atoms with van der Waals surface area (Å²) in [6.07, 6.45) is 0.958. The third-order valence-corrected chi connectivity index (χ3v) is 2.96. The SMILES string of the molecule is O=C(O)c1ccc(N2CCc3ccccc32)o1. The zero-order valence-electron chi connectivity index (χ0n) is 9.09. The second-order valence-electron chi connectivity index (χ2n) is 3.97. The summed E-state index contributed by atoms with van der Waals surface area (Å²) in [7, 11) is 0. The molecule has 4 nitrogen and oxygen atoms in total. The number of carbonyl (C=O) groups is 1. The van der Waals surface area contributed by atoms with Gasteiger partial charge in [-0.1, -0.05) is 18.2 Å². The Balaban J connectivity index is 1.98. The number of fused-ring (bicyclic) bond motifs is 1. The molecule has 1 N–H and O–H groups in total. The van der Waals surface area contributed by atoms with Crippen molar-refractivity contribution in [2.45, 2.75) is 6.42 Å². The lowest BCUT2D eigenvalue weighted by atomic mass is 10.2. The highest BCUT2D eigenvalue weighted by atomic mass is 16.4. The molecule has 1 aromatic carbocycles. The van der Waals surface area contributed by atoms with Crippen LogP contribution in [0.15, 0.2) is 40.8 Å². The van der Waals surface area contributed by atoms with Crippen molar-refractivity contribution in [3.63, 3.8) is 0 Å². The van der Waals surface area contributed by atoms with Crippen LogP contribution in [0, 0.1) is 0 Å². The summed E-state index contributed by atoms with van der Waals surface area (Å²) in [6.45, 7) is 0.825. The predicted molar refractivity (Wildman–Crippen MR) is 62.8 cm³/mol. The molecule has 4 heteroatoms. The fourth-order valence-electron chi connectivity index (χ4n) is 2.15. The van der Waals surface area contributed by atoms with Gasteiger partial charge in [-0.3, -0.25) is 0 Å². The summed E-state index contributed by atoms with van der Waals surface area (Å²) in [4.78, 5) is 12.8. The van der Waals surface area contributed by atoms with E-state index in [0.29, 0.717) is 5.88 Å². The van der Waals surface area contributed by atoms with Crippen LogP contribution in [-0.2, 0) is 6.42 Å². The summed E-state index contributed by atoms with van der Waals surface area (Å²) < 4.78 is 5.31. The maximum Gasteiger partial charge on any atom is 0.371 e. The van der Waals surface area contributed by atoms with Crippen molar-refractivity contribution in [2.24, 2.45) is 0 Å². The average Bonchev–Trinajstić information content (AvgIpc) is 2.95. The van der Waals surface area contributed by atoms with Gasteiger partial charge in [-0.05, 0) is 24.1 Å². The van der Waals surface area contributed by atoms with Gasteiger partial charge in [0.2, 0.25) is 11.6 Å². The number of benzene rings is 1. The van der Waals surface area contributed by atoms with Gasteiger partial charge in [0, 0.05) is 18.3 Å². The van der Waals surface area contributed by atoms with E-state index in [0.717, 1.165) is 18.7 Å². The topological polar surface area (TPSA) is 53.7 Å². The molecule has 0 amide bonds. The van der Waals surface area contributed by atoms with E-state index in [-0.39, 0.29) is 5.76 Å². The lowest BCUT2D eigenvalue weighted by molar-refractivity contribution is 0.0663. The van der Waals surface area contributed by atoms with Crippen LogP contribution in [0.1, 0.15) is 16.1 Å². The average molecular weight is 229 g/mol. The first kappa shape index (κ1) is 9.96. The number of carboxylic acids is 1. The smallest absolute Gasteiger partial charge is 0.371 e. The molecule has 0 bridgehead atoms. The van der Waals surface area contributed by atoms with Crippen LogP contribution in [-0.4, -0.2) is 17.6 Å². The maximum absolute atomic E-state index is 10.8. The van der Waals surface area contributed by atoms with Crippen molar-refractivity contribution in [1.29, 1.82) is 0 Å². The Bertz CT molecular complexity index is 574. The minimum atomic E-state index is -1.04. The van der Waals surface area contributed by atoms with E-state index in [1.165, 1.54) is 11.6 Å². The van der Waals surface area contributed by atoms with Crippen LogP contribution >= 0.6 is 0 Å². The summed E-state index contributed by atoms with van der Waals surface area (Å²) >= 11 is 0. The van der Waals surface area contributed by atoms with Crippen LogP contribution in [0.5, 0.6) is 0 Å². The van der Waals surface area contributed by atoms with E-state index in [4.69, 9.17) is 9.52 Å². The first-order valence-corrected chi connectivity index (χ1v) is 5.44. The Labute approximate surface area is 98.1 Å². The van der Waals surface area contributed by atoms with E-state index < -0.39 is 5.97 Å². The van der Waals surface area contributed by atoms with E-state index in [2.05, 4.69) is 6.07 Å². The van der Waals surface area contributed by atoms with Crippen LogP contribution < -0.4 is 4.90 Å². The molecular weight excluding hydrogens is 218 g/mol. The molecule has 0 saturated carbocycles. The first-order valence-electron chi connectivity index (χ1n) is 5.44. The molecule has 0 unspecified atom stereocenters. The van der Waals surface area contributed by atoms with Crippen molar-refractivity contribution in [1.82, 2.24) is 0 Å². The number of aromatic carboxylic acids is 1. The first-order chi connectivity index (χ1) is 8.25. The number of carboxylic acid groups (broad SMARTS) is 1. The highest BCUT2D eigenvalue weighted by Gasteiger charge is 2.22. The third-order valence-electron chi connectivity index (χ3n) is 2.96. The fraction of sp³-hybridized carbons (Fsp3) is 0.154. The van der Waals surface area contributed by atoms with E-state index in [1.54, 1.807) is 6.07 Å². The molecule has 2 aromatic rings. The van der Waals surface area contributed by atoms with E-state index in [9.17, 15) is 4.79 Å². The molecule has 1 aliphatic rings. The van der Waals surface area contributed by atoms with Gasteiger partial charge in [-0.25, -0.2) is 4.79 Å². The fourth-order valence-corrected chi connectivity index (χ4v) is 2.15. The van der Waals surface area contributed by atoms with Crippen molar-refractivity contribution < 1.29 is 14.3 Å². The van der Waals surface area contributed by atoms with Crippen LogP contribution in [0.2, 0.25) is 0 Å². The molecule has 17 heavy (non-hydrogen) atoms. The van der Waals surface area contributed by atoms with Crippen molar-refractivity contribution in [2.75, 3.05) is 11.4 Å². The maximum atomic E-state index is 10.8. The van der Waals surface area contributed by atoms with Gasteiger partial charge in [-0.15, -0.1) is 0 Å². The monoisotopic (exact) mass is 229 g/mol. The molecule has 1 aliphatic heterocycles. The highest BCUT2D eigenvalue weighted by molar-refractivity contribution is 5.85. The molecule has 0 fully saturated rings. The lowest BCUT2D eigenvalue weighted by Gasteiger charge is -2.15. The van der Waals surface area contributed by atoms with E-state index >= 15 is 0 Å². The number of hydrogen-bond donors (Lipinski definition) is 1. The van der Waals surface area contributed by atoms with Crippen LogP contribution in [0.4, 0.5) is 11.6 Å². The molecule has 2 heterocycles. The zero-order chi connectivity index (χ0) is 11.8. The van der Waals surface area contributed by atoms with Gasteiger partial charge >= 0.3 is 5.97 Å². The Morgan fingerprint density at radius 2 is 2.06 bits per heavy atom. The van der Waals surface area contributed by atoms with Gasteiger partial charge in [-0.2, -0.15) is 0 Å². The third kappa shape index (κ3) is 1.58. The Kier molecular flexibility index (Phi) is 2.14. The van der Waals surface area contributed by atoms with Gasteiger partial charge in [0.15, 0.2) is 0 Å². The lowest BCUT2D eigenvalue weighted by Crippen LogP contribution is -2.12. The zero-order valence-corrected chi connectivity index (χ0v) is 9.09. The summed E-state index contributed by atoms with van der Waals surface area (Å²) in [5, 5.41) is 8.82. The highest BCUT2D eigenvalue weighted by Crippen LogP contribution is 2.34. The standard InChI is InChI=1S/C13H11NO3/c15-13(16)11-5-6-12(17-11)14-8-7-9-3-1-2-4-10(9)14/h1-6H,7-8H2,(H,15,16). The number of rotatable bonds is 2. The van der Waals surface area contributed by atoms with Crippen LogP contribution in [0.25, 0.3) is 0 Å². The number of hydrogen-bond acceptors (Lipinski definition) is 3. The second-order valence-corrected chi connectivity index (χ2v) is 3.97. The Hall–Kier alpha value is -2.23. The molecule has 0 radical (unpaired) electrons. The molecule has 0 saturated heterocycles. The summed E-state index contributed by atoms with van der Waals surface area (Å²) in [5.41, 5.74) is 2.36. The normalized spacial score (nSPS) is 13.8. The summed E-state index contributed by atoms with van der Waals surface area (Å²) in [6, 6.07) is 11.3. The van der Waals surface area contributed by atoms with Crippen molar-refractivity contribution in [3.8, 4) is 0 Å². The Morgan fingerprint density at radius 1 is 1.24 bits per heavy atom. The number of para-hydroxylation sites is 1. The van der Waals surface area contributed by atoms with E-state index in [1.807, 2.05) is 23.1 Å². The molecule has 0 spiro atoms. The van der Waals surface area contributed by atoms with Crippen molar-refractivity contribution in [3.05, 3.63) is 47.7 Å². The van der Waals surface area contributed by atoms with Gasteiger partial charge < -0.3 is 14.4 Å². The minimum absolute atomic E-state index is 0.0237. The molecule has 0 atom stereocenters. The Morgan fingerprint density at radius 3 is 2.82 bits per heavy atom. The largest absolute Gasteiger partial charge is 0.475 e. The van der Waals surface area contributed by atoms with Gasteiger partial charge in [0.05, 0.1) is 0 Å². The second kappa shape index (κ2) is 3.66. The molecule has 86 valence electrons. The van der Waals surface area contributed by atoms with Crippen molar-refractivity contribution >= 4 is 17.5 Å². The molecular formula is C13H11NO3. The molecule has 0 aliphatic carbocycles.